The summed E-state index contributed by atoms with van der Waals surface area (Å²) in [4.78, 5) is 11.6. The number of anilines is 1. The lowest BCUT2D eigenvalue weighted by molar-refractivity contribution is 0.171. The van der Waals surface area contributed by atoms with Crippen molar-refractivity contribution in [3.63, 3.8) is 0 Å². The summed E-state index contributed by atoms with van der Waals surface area (Å²) in [6.45, 7) is 10.2. The summed E-state index contributed by atoms with van der Waals surface area (Å²) in [5, 5.41) is 8.13. The molecule has 2 aromatic rings. The second kappa shape index (κ2) is 9.65. The van der Waals surface area contributed by atoms with Crippen LogP contribution >= 0.6 is 0 Å². The fraction of sp³-hybridized carbons (Fsp3) is 0.762. The van der Waals surface area contributed by atoms with Crippen molar-refractivity contribution >= 4 is 11.5 Å². The lowest BCUT2D eigenvalue weighted by Crippen LogP contribution is -2.42. The Balaban J connectivity index is 1.66. The number of hydrogen-bond donors (Lipinski definition) is 2. The largest absolute Gasteiger partial charge is 0.380 e. The summed E-state index contributed by atoms with van der Waals surface area (Å²) in [6.07, 6.45) is 8.64. The molecule has 3 rings (SSSR count). The van der Waals surface area contributed by atoms with Gasteiger partial charge in [-0.1, -0.05) is 26.7 Å². The molecule has 2 unspecified atom stereocenters. The van der Waals surface area contributed by atoms with E-state index in [-0.39, 0.29) is 0 Å². The van der Waals surface area contributed by atoms with Gasteiger partial charge in [-0.05, 0) is 58.2 Å². The first kappa shape index (κ1) is 21.0. The van der Waals surface area contributed by atoms with Gasteiger partial charge < -0.3 is 16.0 Å². The third kappa shape index (κ3) is 5.20. The van der Waals surface area contributed by atoms with Crippen LogP contribution in [0.25, 0.3) is 5.65 Å². The van der Waals surface area contributed by atoms with Gasteiger partial charge >= 0.3 is 0 Å². The van der Waals surface area contributed by atoms with E-state index in [0.717, 1.165) is 30.9 Å². The summed E-state index contributed by atoms with van der Waals surface area (Å²) < 4.78 is 1.95. The van der Waals surface area contributed by atoms with E-state index in [1.54, 1.807) is 0 Å². The van der Waals surface area contributed by atoms with Gasteiger partial charge in [0.25, 0.3) is 0 Å². The van der Waals surface area contributed by atoms with Crippen LogP contribution in [0.5, 0.6) is 0 Å². The molecular formula is C21H37N7. The highest BCUT2D eigenvalue weighted by molar-refractivity contribution is 5.59. The Morgan fingerprint density at radius 3 is 2.71 bits per heavy atom. The van der Waals surface area contributed by atoms with Crippen molar-refractivity contribution < 1.29 is 0 Å². The molecule has 1 aliphatic rings. The van der Waals surface area contributed by atoms with Crippen molar-refractivity contribution in [2.45, 2.75) is 65.3 Å². The molecule has 0 radical (unpaired) electrons. The zero-order valence-electron chi connectivity index (χ0n) is 18.0. The Hall–Kier alpha value is -1.73. The second-order valence-electron chi connectivity index (χ2n) is 8.63. The summed E-state index contributed by atoms with van der Waals surface area (Å²) in [7, 11) is 2.03. The number of hydrogen-bond acceptors (Lipinski definition) is 6. The maximum atomic E-state index is 6.18. The molecule has 0 amide bonds. The van der Waals surface area contributed by atoms with Crippen molar-refractivity contribution in [1.82, 2.24) is 29.8 Å². The van der Waals surface area contributed by atoms with E-state index in [9.17, 15) is 0 Å². The van der Waals surface area contributed by atoms with Crippen LogP contribution in [0, 0.1) is 11.8 Å². The van der Waals surface area contributed by atoms with Crippen LogP contribution < -0.4 is 11.1 Å². The van der Waals surface area contributed by atoms with Crippen LogP contribution in [0.3, 0.4) is 0 Å². The number of nitrogens with one attached hydrogen (secondary N) is 1. The molecule has 0 aromatic carbocycles. The van der Waals surface area contributed by atoms with Gasteiger partial charge in [0.15, 0.2) is 17.3 Å². The Kier molecular flexibility index (Phi) is 7.24. The van der Waals surface area contributed by atoms with E-state index in [4.69, 9.17) is 10.8 Å². The molecule has 1 saturated heterocycles. The van der Waals surface area contributed by atoms with Crippen LogP contribution in [-0.4, -0.2) is 57.2 Å². The smallest absolute Gasteiger partial charge is 0.196 e. The Labute approximate surface area is 169 Å². The summed E-state index contributed by atoms with van der Waals surface area (Å²) in [6, 6.07) is 0.545. The molecule has 3 heterocycles. The number of nitrogen functional groups attached to an aromatic ring is 1. The molecule has 7 heteroatoms. The van der Waals surface area contributed by atoms with Crippen LogP contribution in [0.1, 0.15) is 58.0 Å². The topological polar surface area (TPSA) is 84.4 Å². The minimum atomic E-state index is 0.496. The third-order valence-corrected chi connectivity index (χ3v) is 6.04. The molecule has 2 aromatic heterocycles. The SMILES string of the molecule is CCCC(C)Cc1nc(N)c2ncc(CC3CCN(CC(C)NC)CC3)n2n1. The molecule has 28 heavy (non-hydrogen) atoms. The molecule has 0 saturated carbocycles. The number of likely N-dealkylation sites (tertiary alicyclic amines) is 1. The maximum absolute atomic E-state index is 6.18. The zero-order valence-corrected chi connectivity index (χ0v) is 18.0. The highest BCUT2D eigenvalue weighted by Crippen LogP contribution is 2.23. The second-order valence-corrected chi connectivity index (χ2v) is 8.63. The molecule has 1 fully saturated rings. The Morgan fingerprint density at radius 1 is 1.29 bits per heavy atom. The number of piperidine rings is 1. The van der Waals surface area contributed by atoms with Crippen LogP contribution in [0.4, 0.5) is 5.82 Å². The van der Waals surface area contributed by atoms with Gasteiger partial charge in [0, 0.05) is 19.0 Å². The number of fused-ring (bicyclic) bond motifs is 1. The predicted molar refractivity (Wildman–Crippen MR) is 114 cm³/mol. The Morgan fingerprint density at radius 2 is 2.04 bits per heavy atom. The van der Waals surface area contributed by atoms with E-state index >= 15 is 0 Å². The molecule has 1 aliphatic heterocycles. The number of nitrogens with zero attached hydrogens (tertiary/aromatic N) is 5. The lowest BCUT2D eigenvalue weighted by Gasteiger charge is -2.33. The summed E-state index contributed by atoms with van der Waals surface area (Å²) >= 11 is 0. The molecular weight excluding hydrogens is 350 g/mol. The average molecular weight is 388 g/mol. The zero-order chi connectivity index (χ0) is 20.1. The normalized spacial score (nSPS) is 18.6. The fourth-order valence-electron chi connectivity index (χ4n) is 4.27. The van der Waals surface area contributed by atoms with Gasteiger partial charge in [0.05, 0.1) is 11.9 Å². The molecule has 0 spiro atoms. The van der Waals surface area contributed by atoms with E-state index in [0.29, 0.717) is 29.3 Å². The molecule has 156 valence electrons. The maximum Gasteiger partial charge on any atom is 0.196 e. The van der Waals surface area contributed by atoms with Crippen molar-refractivity contribution in [3.8, 4) is 0 Å². The van der Waals surface area contributed by atoms with Gasteiger partial charge in [0.1, 0.15) is 0 Å². The summed E-state index contributed by atoms with van der Waals surface area (Å²) in [5.74, 6) is 2.58. The van der Waals surface area contributed by atoms with Gasteiger partial charge in [-0.15, -0.1) is 0 Å². The highest BCUT2D eigenvalue weighted by Gasteiger charge is 2.22. The first-order valence-corrected chi connectivity index (χ1v) is 10.9. The third-order valence-electron chi connectivity index (χ3n) is 6.04. The molecule has 0 bridgehead atoms. The first-order chi connectivity index (χ1) is 13.5. The molecule has 7 nitrogen and oxygen atoms in total. The predicted octanol–water partition coefficient (Wildman–Crippen LogP) is 2.55. The number of nitrogens with two attached hydrogens (primary N) is 1. The number of imidazole rings is 1. The van der Waals surface area contributed by atoms with E-state index < -0.39 is 0 Å². The van der Waals surface area contributed by atoms with E-state index in [2.05, 4.69) is 41.0 Å². The number of aromatic nitrogens is 4. The summed E-state index contributed by atoms with van der Waals surface area (Å²) in [5.41, 5.74) is 8.04. The number of likely N-dealkylation sites (N-methyl/N-ethyl adjacent to an activating group) is 1. The van der Waals surface area contributed by atoms with Gasteiger partial charge in [0.2, 0.25) is 0 Å². The van der Waals surface area contributed by atoms with Crippen molar-refractivity contribution in [3.05, 3.63) is 17.7 Å². The van der Waals surface area contributed by atoms with Gasteiger partial charge in [-0.2, -0.15) is 5.10 Å². The van der Waals surface area contributed by atoms with Gasteiger partial charge in [-0.3, -0.25) is 0 Å². The molecule has 0 aliphatic carbocycles. The van der Waals surface area contributed by atoms with E-state index in [1.807, 2.05) is 17.8 Å². The van der Waals surface area contributed by atoms with Gasteiger partial charge in [-0.25, -0.2) is 14.5 Å². The van der Waals surface area contributed by atoms with Crippen LogP contribution in [0.15, 0.2) is 6.20 Å². The molecule has 3 N–H and O–H groups in total. The van der Waals surface area contributed by atoms with Crippen molar-refractivity contribution in [1.29, 1.82) is 0 Å². The lowest BCUT2D eigenvalue weighted by atomic mass is 9.92. The monoisotopic (exact) mass is 387 g/mol. The minimum Gasteiger partial charge on any atom is -0.380 e. The number of rotatable bonds is 9. The fourth-order valence-corrected chi connectivity index (χ4v) is 4.27. The Bertz CT molecular complexity index is 749. The van der Waals surface area contributed by atoms with Crippen LogP contribution in [-0.2, 0) is 12.8 Å². The van der Waals surface area contributed by atoms with E-state index in [1.165, 1.54) is 38.8 Å². The quantitative estimate of drug-likeness (QED) is 0.688. The van der Waals surface area contributed by atoms with Crippen LogP contribution in [0.2, 0.25) is 0 Å². The minimum absolute atomic E-state index is 0.496. The molecule has 2 atom stereocenters. The van der Waals surface area contributed by atoms with Crippen molar-refractivity contribution in [2.75, 3.05) is 32.4 Å². The first-order valence-electron chi connectivity index (χ1n) is 10.9. The standard InChI is InChI=1S/C21H37N7/c1-5-6-15(2)11-19-25-20(22)21-24-13-18(28(21)26-19)12-17-7-9-27(10-8-17)14-16(3)23-4/h13,15-17,23H,5-12,14H2,1-4H3,(H2,22,25,26). The average Bonchev–Trinajstić information content (AvgIpc) is 3.06. The van der Waals surface area contributed by atoms with Crippen molar-refractivity contribution in [2.24, 2.45) is 11.8 Å². The highest BCUT2D eigenvalue weighted by atomic mass is 15.3.